The first-order chi connectivity index (χ1) is 13.5. The van der Waals surface area contributed by atoms with Gasteiger partial charge in [0.25, 0.3) is 0 Å². The lowest BCUT2D eigenvalue weighted by atomic mass is 9.77. The van der Waals surface area contributed by atoms with E-state index in [9.17, 15) is 12.8 Å². The van der Waals surface area contributed by atoms with Gasteiger partial charge in [0.2, 0.25) is 10.0 Å². The van der Waals surface area contributed by atoms with E-state index >= 15 is 0 Å². The minimum atomic E-state index is -3.62. The number of piperidine rings is 2. The fourth-order valence-corrected chi connectivity index (χ4v) is 7.13. The highest BCUT2D eigenvalue weighted by molar-refractivity contribution is 7.89. The Morgan fingerprint density at radius 1 is 1.00 bits per heavy atom. The van der Waals surface area contributed by atoms with Gasteiger partial charge in [0.05, 0.1) is 4.90 Å². The van der Waals surface area contributed by atoms with E-state index in [0.717, 1.165) is 38.8 Å². The van der Waals surface area contributed by atoms with E-state index in [0.29, 0.717) is 12.5 Å². The Bertz CT molecular complexity index is 976. The SMILES string of the molecule is O=S(=O)(c1ccc(F)cc1)N1CCC[C@@H]2CN3CCc4ccccc4[C@@H]3C[C@@H]21. The predicted octanol–water partition coefficient (Wildman–Crippen LogP) is 3.60. The molecule has 0 spiro atoms. The molecule has 0 aliphatic carbocycles. The van der Waals surface area contributed by atoms with Crippen LogP contribution in [0.4, 0.5) is 4.39 Å². The second-order valence-corrected chi connectivity index (χ2v) is 10.1. The molecule has 2 fully saturated rings. The zero-order valence-corrected chi connectivity index (χ0v) is 16.6. The average Bonchev–Trinajstić information content (AvgIpc) is 2.72. The van der Waals surface area contributed by atoms with Crippen molar-refractivity contribution >= 4 is 10.0 Å². The number of fused-ring (bicyclic) bond motifs is 4. The van der Waals surface area contributed by atoms with Gasteiger partial charge < -0.3 is 0 Å². The van der Waals surface area contributed by atoms with Crippen molar-refractivity contribution in [2.75, 3.05) is 19.6 Å². The number of halogens is 1. The van der Waals surface area contributed by atoms with Crippen molar-refractivity contribution in [1.82, 2.24) is 9.21 Å². The van der Waals surface area contributed by atoms with Crippen molar-refractivity contribution in [2.45, 2.75) is 42.7 Å². The van der Waals surface area contributed by atoms with E-state index in [1.165, 1.54) is 35.4 Å². The Balaban J connectivity index is 1.48. The first kappa shape index (κ1) is 18.3. The largest absolute Gasteiger partial charge is 0.296 e. The Morgan fingerprint density at radius 3 is 2.61 bits per heavy atom. The quantitative estimate of drug-likeness (QED) is 0.773. The third-order valence-corrected chi connectivity index (χ3v) is 8.68. The van der Waals surface area contributed by atoms with E-state index in [-0.39, 0.29) is 17.0 Å². The van der Waals surface area contributed by atoms with Crippen LogP contribution in [-0.2, 0) is 16.4 Å². The molecule has 2 saturated heterocycles. The summed E-state index contributed by atoms with van der Waals surface area (Å²) in [7, 11) is -3.62. The first-order valence-corrected chi connectivity index (χ1v) is 11.6. The molecule has 0 radical (unpaired) electrons. The second kappa shape index (κ2) is 6.94. The lowest BCUT2D eigenvalue weighted by Crippen LogP contribution is -2.57. The summed E-state index contributed by atoms with van der Waals surface area (Å²) in [5.74, 6) is -0.0481. The maximum atomic E-state index is 13.3. The third kappa shape index (κ3) is 2.98. The highest BCUT2D eigenvalue weighted by Gasteiger charge is 2.46. The van der Waals surface area contributed by atoms with Gasteiger partial charge in [0.15, 0.2) is 0 Å². The van der Waals surface area contributed by atoms with Crippen molar-refractivity contribution in [3.63, 3.8) is 0 Å². The smallest absolute Gasteiger partial charge is 0.243 e. The molecule has 0 saturated carbocycles. The molecule has 0 bridgehead atoms. The van der Waals surface area contributed by atoms with E-state index in [1.807, 2.05) is 0 Å². The van der Waals surface area contributed by atoms with Gasteiger partial charge in [-0.15, -0.1) is 0 Å². The van der Waals surface area contributed by atoms with E-state index in [2.05, 4.69) is 29.2 Å². The third-order valence-electron chi connectivity index (χ3n) is 6.74. The zero-order chi connectivity index (χ0) is 19.3. The minimum absolute atomic E-state index is 0.0104. The molecule has 0 N–H and O–H groups in total. The van der Waals surface area contributed by atoms with E-state index in [1.54, 1.807) is 4.31 Å². The predicted molar refractivity (Wildman–Crippen MR) is 106 cm³/mol. The van der Waals surface area contributed by atoms with Crippen molar-refractivity contribution in [2.24, 2.45) is 5.92 Å². The van der Waals surface area contributed by atoms with E-state index < -0.39 is 15.8 Å². The molecular weight excluding hydrogens is 375 g/mol. The highest BCUT2D eigenvalue weighted by atomic mass is 32.2. The Labute approximate surface area is 166 Å². The highest BCUT2D eigenvalue weighted by Crippen LogP contribution is 2.44. The molecule has 3 aliphatic heterocycles. The number of rotatable bonds is 2. The molecule has 0 unspecified atom stereocenters. The second-order valence-electron chi connectivity index (χ2n) is 8.23. The summed E-state index contributed by atoms with van der Waals surface area (Å²) in [6.45, 7) is 2.56. The van der Waals surface area contributed by atoms with Crippen molar-refractivity contribution in [1.29, 1.82) is 0 Å². The first-order valence-electron chi connectivity index (χ1n) is 10.1. The van der Waals surface area contributed by atoms with Crippen LogP contribution in [0.5, 0.6) is 0 Å². The van der Waals surface area contributed by atoms with Crippen LogP contribution >= 0.6 is 0 Å². The summed E-state index contributed by atoms with van der Waals surface area (Å²) in [5, 5.41) is 0. The van der Waals surface area contributed by atoms with Crippen molar-refractivity contribution in [3.05, 3.63) is 65.5 Å². The molecule has 3 heterocycles. The van der Waals surface area contributed by atoms with Crippen LogP contribution in [0.3, 0.4) is 0 Å². The van der Waals surface area contributed by atoms with Crippen molar-refractivity contribution in [3.8, 4) is 0 Å². The zero-order valence-electron chi connectivity index (χ0n) is 15.8. The number of benzene rings is 2. The van der Waals surface area contributed by atoms with Gasteiger partial charge in [0, 0.05) is 31.7 Å². The number of nitrogens with zero attached hydrogens (tertiary/aromatic N) is 2. The molecule has 3 aliphatic rings. The maximum absolute atomic E-state index is 13.3. The molecular formula is C22H25FN2O2S. The van der Waals surface area contributed by atoms with Gasteiger partial charge in [-0.1, -0.05) is 24.3 Å². The summed E-state index contributed by atoms with van der Waals surface area (Å²) in [6, 6.07) is 14.1. The van der Waals surface area contributed by atoms with Crippen LogP contribution in [0.2, 0.25) is 0 Å². The number of sulfonamides is 1. The molecule has 0 aromatic heterocycles. The summed E-state index contributed by atoms with van der Waals surface area (Å²) >= 11 is 0. The summed E-state index contributed by atoms with van der Waals surface area (Å²) < 4.78 is 41.7. The van der Waals surface area contributed by atoms with Gasteiger partial charge >= 0.3 is 0 Å². The lowest BCUT2D eigenvalue weighted by molar-refractivity contribution is 0.0220. The van der Waals surface area contributed by atoms with E-state index in [4.69, 9.17) is 0 Å². The van der Waals surface area contributed by atoms with Crippen LogP contribution in [0.15, 0.2) is 53.4 Å². The minimum Gasteiger partial charge on any atom is -0.296 e. The molecule has 148 valence electrons. The molecule has 2 aromatic rings. The Hall–Kier alpha value is -1.76. The van der Waals surface area contributed by atoms with Crippen LogP contribution in [0.25, 0.3) is 0 Å². The number of hydrogen-bond donors (Lipinski definition) is 0. The molecule has 0 amide bonds. The average molecular weight is 401 g/mol. The molecule has 6 heteroatoms. The van der Waals surface area contributed by atoms with Crippen LogP contribution in [0, 0.1) is 11.7 Å². The molecule has 3 atom stereocenters. The number of hydrogen-bond acceptors (Lipinski definition) is 3. The topological polar surface area (TPSA) is 40.6 Å². The summed E-state index contributed by atoms with van der Waals surface area (Å²) in [6.07, 6.45) is 3.87. The summed E-state index contributed by atoms with van der Waals surface area (Å²) in [4.78, 5) is 2.75. The Morgan fingerprint density at radius 2 is 1.79 bits per heavy atom. The van der Waals surface area contributed by atoms with Crippen LogP contribution in [0.1, 0.15) is 36.4 Å². The fourth-order valence-electron chi connectivity index (χ4n) is 5.39. The van der Waals surface area contributed by atoms with Crippen LogP contribution < -0.4 is 0 Å². The van der Waals surface area contributed by atoms with Crippen molar-refractivity contribution < 1.29 is 12.8 Å². The molecule has 5 rings (SSSR count). The maximum Gasteiger partial charge on any atom is 0.243 e. The van der Waals surface area contributed by atoms with Gasteiger partial charge in [-0.05, 0) is 67.0 Å². The fraction of sp³-hybridized carbons (Fsp3) is 0.455. The molecule has 2 aromatic carbocycles. The lowest BCUT2D eigenvalue weighted by Gasteiger charge is -2.51. The van der Waals surface area contributed by atoms with Crippen LogP contribution in [-0.4, -0.2) is 43.3 Å². The summed E-state index contributed by atoms with van der Waals surface area (Å²) in [5.41, 5.74) is 2.75. The van der Waals surface area contributed by atoms with Gasteiger partial charge in [-0.3, -0.25) is 4.90 Å². The normalized spacial score (nSPS) is 28.2. The molecule has 4 nitrogen and oxygen atoms in total. The van der Waals surface area contributed by atoms with Gasteiger partial charge in [0.1, 0.15) is 5.82 Å². The monoisotopic (exact) mass is 400 g/mol. The molecule has 28 heavy (non-hydrogen) atoms. The van der Waals surface area contributed by atoms with Gasteiger partial charge in [-0.2, -0.15) is 4.31 Å². The van der Waals surface area contributed by atoms with Gasteiger partial charge in [-0.25, -0.2) is 12.8 Å². The standard InChI is InChI=1S/C22H25FN2O2S/c23-18-7-9-19(10-8-18)28(26,27)25-12-3-5-17-15-24-13-11-16-4-1-2-6-20(16)22(24)14-21(17)25/h1-2,4,6-10,17,21-22H,3,5,11-15H2/t17-,21+,22+/m1/s1. The Kier molecular flexibility index (Phi) is 4.53.